The normalized spacial score (nSPS) is 10.4. The molecule has 2 rings (SSSR count). The molecule has 17 heavy (non-hydrogen) atoms. The molecule has 0 N–H and O–H groups in total. The quantitative estimate of drug-likeness (QED) is 0.449. The van der Waals surface area contributed by atoms with Crippen molar-refractivity contribution < 1.29 is 14.4 Å². The summed E-state index contributed by atoms with van der Waals surface area (Å²) < 4.78 is 4.84. The van der Waals surface area contributed by atoms with E-state index in [9.17, 15) is 10.0 Å². The minimum Gasteiger partial charge on any atom is -0.594 e. The lowest BCUT2D eigenvalue weighted by atomic mass is 10.1. The minimum atomic E-state index is -0.378. The van der Waals surface area contributed by atoms with E-state index >= 15 is 0 Å². The SMILES string of the molecule is CCOC(=O)Cc1n[n+]([O-])cc2ccccc12. The van der Waals surface area contributed by atoms with Crippen molar-refractivity contribution in [2.75, 3.05) is 6.61 Å². The first-order valence-electron chi connectivity index (χ1n) is 5.34. The molecule has 0 aliphatic rings. The highest BCUT2D eigenvalue weighted by Gasteiger charge is 2.13. The Morgan fingerprint density at radius 1 is 1.47 bits per heavy atom. The molecule has 2 aromatic rings. The lowest BCUT2D eigenvalue weighted by Crippen LogP contribution is -2.32. The number of esters is 1. The Kier molecular flexibility index (Phi) is 3.18. The van der Waals surface area contributed by atoms with E-state index in [0.717, 1.165) is 10.8 Å². The van der Waals surface area contributed by atoms with Crippen LogP contribution in [0.15, 0.2) is 30.5 Å². The molecule has 0 amide bonds. The molecule has 0 radical (unpaired) electrons. The Labute approximate surface area is 98.2 Å². The summed E-state index contributed by atoms with van der Waals surface area (Å²) in [4.78, 5) is 11.9. The zero-order chi connectivity index (χ0) is 12.3. The van der Waals surface area contributed by atoms with E-state index in [0.29, 0.717) is 17.1 Å². The van der Waals surface area contributed by atoms with Crippen molar-refractivity contribution >= 4 is 16.7 Å². The van der Waals surface area contributed by atoms with Crippen molar-refractivity contribution in [3.05, 3.63) is 41.4 Å². The molecule has 5 heteroatoms. The van der Waals surface area contributed by atoms with Crippen LogP contribution in [0.3, 0.4) is 0 Å². The Bertz CT molecular complexity index is 554. The van der Waals surface area contributed by atoms with Crippen LogP contribution in [-0.2, 0) is 16.0 Å². The molecule has 5 nitrogen and oxygen atoms in total. The number of carbonyl (C=O) groups is 1. The molecule has 0 atom stereocenters. The highest BCUT2D eigenvalue weighted by molar-refractivity contribution is 5.86. The summed E-state index contributed by atoms with van der Waals surface area (Å²) in [5.41, 5.74) is 0.441. The number of nitrogens with zero attached hydrogens (tertiary/aromatic N) is 2. The monoisotopic (exact) mass is 232 g/mol. The van der Waals surface area contributed by atoms with Gasteiger partial charge >= 0.3 is 5.97 Å². The summed E-state index contributed by atoms with van der Waals surface area (Å²) in [6.07, 6.45) is 1.39. The molecule has 0 bridgehead atoms. The Morgan fingerprint density at radius 2 is 2.24 bits per heavy atom. The molecule has 1 aromatic heterocycles. The lowest BCUT2D eigenvalue weighted by Gasteiger charge is -2.04. The second-order valence-electron chi connectivity index (χ2n) is 3.55. The minimum absolute atomic E-state index is 0.0113. The number of aromatic nitrogens is 2. The zero-order valence-electron chi connectivity index (χ0n) is 9.42. The van der Waals surface area contributed by atoms with Gasteiger partial charge in [0, 0.05) is 10.5 Å². The van der Waals surface area contributed by atoms with Crippen LogP contribution in [0.4, 0.5) is 0 Å². The van der Waals surface area contributed by atoms with Gasteiger partial charge in [0.05, 0.1) is 18.4 Å². The maximum atomic E-state index is 11.4. The fraction of sp³-hybridized carbons (Fsp3) is 0.250. The molecule has 0 aliphatic heterocycles. The Morgan fingerprint density at radius 3 is 3.00 bits per heavy atom. The molecular weight excluding hydrogens is 220 g/mol. The summed E-state index contributed by atoms with van der Waals surface area (Å²) in [6, 6.07) is 7.31. The first kappa shape index (κ1) is 11.3. The average Bonchev–Trinajstić information content (AvgIpc) is 2.29. The molecule has 0 unspecified atom stereocenters. The molecule has 0 spiro atoms. The molecule has 1 heterocycles. The van der Waals surface area contributed by atoms with Gasteiger partial charge in [-0.3, -0.25) is 4.79 Å². The molecule has 0 fully saturated rings. The molecule has 1 aromatic carbocycles. The maximum absolute atomic E-state index is 11.4. The van der Waals surface area contributed by atoms with E-state index in [1.165, 1.54) is 6.20 Å². The van der Waals surface area contributed by atoms with Crippen molar-refractivity contribution in [3.63, 3.8) is 0 Å². The lowest BCUT2D eigenvalue weighted by molar-refractivity contribution is -0.668. The highest BCUT2D eigenvalue weighted by Crippen LogP contribution is 2.15. The average molecular weight is 232 g/mol. The first-order chi connectivity index (χ1) is 8.20. The van der Waals surface area contributed by atoms with Crippen LogP contribution < -0.4 is 4.85 Å². The molecule has 0 saturated carbocycles. The van der Waals surface area contributed by atoms with Gasteiger partial charge in [0.15, 0.2) is 0 Å². The third-order valence-electron chi connectivity index (χ3n) is 2.36. The van der Waals surface area contributed by atoms with Crippen LogP contribution in [0.5, 0.6) is 0 Å². The third kappa shape index (κ3) is 2.50. The fourth-order valence-electron chi connectivity index (χ4n) is 1.67. The molecule has 0 saturated heterocycles. The second-order valence-corrected chi connectivity index (χ2v) is 3.55. The molecule has 88 valence electrons. The van der Waals surface area contributed by atoms with Gasteiger partial charge in [-0.15, -0.1) is 0 Å². The number of ether oxygens (including phenoxy) is 1. The van der Waals surface area contributed by atoms with Gasteiger partial charge in [0.1, 0.15) is 5.69 Å². The smallest absolute Gasteiger partial charge is 0.312 e. The molecule has 0 aliphatic carbocycles. The second kappa shape index (κ2) is 4.78. The van der Waals surface area contributed by atoms with Crippen molar-refractivity contribution in [1.29, 1.82) is 0 Å². The van der Waals surface area contributed by atoms with E-state index in [2.05, 4.69) is 5.10 Å². The van der Waals surface area contributed by atoms with Gasteiger partial charge in [0.2, 0.25) is 6.20 Å². The number of fused-ring (bicyclic) bond motifs is 1. The Hall–Kier alpha value is -2.17. The number of hydrogen-bond acceptors (Lipinski definition) is 4. The summed E-state index contributed by atoms with van der Waals surface area (Å²) >= 11 is 0. The highest BCUT2D eigenvalue weighted by atomic mass is 16.5. The van der Waals surface area contributed by atoms with Gasteiger partial charge in [-0.1, -0.05) is 23.0 Å². The molecular formula is C12H12N2O3. The number of hydrogen-bond donors (Lipinski definition) is 0. The number of rotatable bonds is 3. The van der Waals surface area contributed by atoms with Crippen LogP contribution in [0, 0.1) is 5.21 Å². The van der Waals surface area contributed by atoms with Crippen LogP contribution >= 0.6 is 0 Å². The van der Waals surface area contributed by atoms with E-state index in [1.807, 2.05) is 18.2 Å². The zero-order valence-corrected chi connectivity index (χ0v) is 9.42. The van der Waals surface area contributed by atoms with E-state index < -0.39 is 0 Å². The van der Waals surface area contributed by atoms with Crippen molar-refractivity contribution in [2.45, 2.75) is 13.3 Å². The van der Waals surface area contributed by atoms with Gasteiger partial charge in [-0.2, -0.15) is 0 Å². The van der Waals surface area contributed by atoms with E-state index in [-0.39, 0.29) is 12.4 Å². The van der Waals surface area contributed by atoms with Crippen LogP contribution in [0.2, 0.25) is 0 Å². The van der Waals surface area contributed by atoms with Crippen LogP contribution in [0.25, 0.3) is 10.8 Å². The predicted octanol–water partition coefficient (Wildman–Crippen LogP) is 0.974. The van der Waals surface area contributed by atoms with Crippen LogP contribution in [0.1, 0.15) is 12.6 Å². The summed E-state index contributed by atoms with van der Waals surface area (Å²) in [6.45, 7) is 2.06. The standard InChI is InChI=1S/C12H12N2O3/c1-2-17-12(15)7-11-10-6-4-3-5-9(10)8-14(16)13-11/h3-6,8H,2,7H2,1H3. The van der Waals surface area contributed by atoms with E-state index in [4.69, 9.17) is 4.74 Å². The van der Waals surface area contributed by atoms with Gasteiger partial charge < -0.3 is 9.94 Å². The summed E-state index contributed by atoms with van der Waals surface area (Å²) in [7, 11) is 0. The van der Waals surface area contributed by atoms with Gasteiger partial charge in [0.25, 0.3) is 0 Å². The summed E-state index contributed by atoms with van der Waals surface area (Å²) in [5.74, 6) is -0.378. The first-order valence-corrected chi connectivity index (χ1v) is 5.34. The Balaban J connectivity index is 2.42. The number of carbonyl (C=O) groups excluding carboxylic acids is 1. The largest absolute Gasteiger partial charge is 0.594 e. The summed E-state index contributed by atoms with van der Waals surface area (Å²) in [5, 5.41) is 16.6. The van der Waals surface area contributed by atoms with Gasteiger partial charge in [-0.05, 0) is 13.0 Å². The topological polar surface area (TPSA) is 66.1 Å². The van der Waals surface area contributed by atoms with Crippen molar-refractivity contribution in [3.8, 4) is 0 Å². The maximum Gasteiger partial charge on any atom is 0.312 e. The fourth-order valence-corrected chi connectivity index (χ4v) is 1.67. The van der Waals surface area contributed by atoms with Crippen LogP contribution in [-0.4, -0.2) is 17.7 Å². The van der Waals surface area contributed by atoms with Crippen molar-refractivity contribution in [2.24, 2.45) is 0 Å². The number of benzene rings is 1. The van der Waals surface area contributed by atoms with Crippen molar-refractivity contribution in [1.82, 2.24) is 5.10 Å². The predicted molar refractivity (Wildman–Crippen MR) is 61.0 cm³/mol. The third-order valence-corrected chi connectivity index (χ3v) is 2.36. The van der Waals surface area contributed by atoms with E-state index in [1.54, 1.807) is 13.0 Å². The van der Waals surface area contributed by atoms with Gasteiger partial charge in [-0.25, -0.2) is 0 Å².